The van der Waals surface area contributed by atoms with E-state index in [2.05, 4.69) is 5.32 Å². The van der Waals surface area contributed by atoms with Gasteiger partial charge in [0.1, 0.15) is 35.0 Å². The van der Waals surface area contributed by atoms with E-state index in [1.54, 1.807) is 50.2 Å². The summed E-state index contributed by atoms with van der Waals surface area (Å²) in [6.07, 6.45) is 7.48. The van der Waals surface area contributed by atoms with Gasteiger partial charge in [0.15, 0.2) is 5.72 Å². The number of amides is 2. The zero-order valence-corrected chi connectivity index (χ0v) is 28.7. The van der Waals surface area contributed by atoms with Crippen molar-refractivity contribution in [2.24, 2.45) is 5.92 Å². The van der Waals surface area contributed by atoms with Crippen molar-refractivity contribution in [3.63, 3.8) is 0 Å². The van der Waals surface area contributed by atoms with Crippen LogP contribution in [0.2, 0.25) is 0 Å². The number of nitrogens with one attached hydrogen (secondary N) is 1. The van der Waals surface area contributed by atoms with Gasteiger partial charge in [-0.15, -0.1) is 11.6 Å². The number of epoxide rings is 1. The number of nitrogens with zero attached hydrogens (tertiary/aromatic N) is 2. The van der Waals surface area contributed by atoms with Gasteiger partial charge < -0.3 is 34.1 Å². The second kappa shape index (κ2) is 13.7. The number of carbonyl (C=O) groups excluding carboxylic acids is 2. The van der Waals surface area contributed by atoms with Crippen LogP contribution in [-0.2, 0) is 28.5 Å². The van der Waals surface area contributed by atoms with Gasteiger partial charge in [0, 0.05) is 39.3 Å². The van der Waals surface area contributed by atoms with Crippen molar-refractivity contribution < 1.29 is 43.5 Å². The SMILES string of the molecule is COC1=CC2=CC(C1Cl)N(C)C(=O)CC[C@]1(C)O[C@@]1(C[C@@H](C(=O)O)N(C)C)[C@H](C)[C@@H]1C[C@@](O)(NC(=O)O1)[C@H](OC)/C=C/C=C(\C)C2. The van der Waals surface area contributed by atoms with E-state index in [0.29, 0.717) is 12.2 Å². The van der Waals surface area contributed by atoms with Crippen molar-refractivity contribution in [1.82, 2.24) is 15.1 Å². The Kier molecular flexibility index (Phi) is 10.7. The maximum Gasteiger partial charge on any atom is 0.409 e. The molecular formula is C33H48ClN3O9. The number of methoxy groups -OCH3 is 2. The highest BCUT2D eigenvalue weighted by atomic mass is 35.5. The van der Waals surface area contributed by atoms with Gasteiger partial charge >= 0.3 is 12.1 Å². The largest absolute Gasteiger partial charge is 0.499 e. The first-order valence-electron chi connectivity index (χ1n) is 15.5. The summed E-state index contributed by atoms with van der Waals surface area (Å²) in [5.41, 5.74) is -1.94. The molecule has 3 aliphatic heterocycles. The summed E-state index contributed by atoms with van der Waals surface area (Å²) in [6, 6.07) is -1.39. The number of aliphatic carboxylic acids is 1. The molecule has 13 heteroatoms. The average molecular weight is 666 g/mol. The van der Waals surface area contributed by atoms with Gasteiger partial charge in [0.05, 0.1) is 18.8 Å². The molecule has 2 fully saturated rings. The number of aliphatic hydroxyl groups is 1. The van der Waals surface area contributed by atoms with Crippen LogP contribution in [0, 0.1) is 5.92 Å². The molecule has 0 saturated carbocycles. The highest BCUT2D eigenvalue weighted by molar-refractivity contribution is 6.23. The first kappa shape index (κ1) is 35.9. The molecule has 4 aliphatic rings. The molecule has 9 atom stereocenters. The van der Waals surface area contributed by atoms with Crippen LogP contribution in [0.15, 0.2) is 47.3 Å². The molecule has 46 heavy (non-hydrogen) atoms. The maximum atomic E-state index is 13.7. The Hall–Kier alpha value is -2.90. The molecule has 3 N–H and O–H groups in total. The Balaban J connectivity index is 1.78. The van der Waals surface area contributed by atoms with Crippen LogP contribution >= 0.6 is 11.6 Å². The first-order valence-corrected chi connectivity index (χ1v) is 16.0. The Morgan fingerprint density at radius 1 is 1.30 bits per heavy atom. The third kappa shape index (κ3) is 7.01. The third-order valence-corrected chi connectivity index (χ3v) is 10.6. The van der Waals surface area contributed by atoms with Crippen LogP contribution in [0.4, 0.5) is 4.79 Å². The monoisotopic (exact) mass is 665 g/mol. The molecule has 0 radical (unpaired) electrons. The number of carboxylic acid groups (broad SMARTS) is 1. The number of fused-ring (bicyclic) bond motifs is 4. The maximum absolute atomic E-state index is 13.7. The Morgan fingerprint density at radius 3 is 2.61 bits per heavy atom. The molecule has 2 saturated heterocycles. The minimum Gasteiger partial charge on any atom is -0.499 e. The molecule has 256 valence electrons. The second-order valence-electron chi connectivity index (χ2n) is 13.4. The number of alkyl carbamates (subject to hydrolysis) is 1. The van der Waals surface area contributed by atoms with Crippen molar-refractivity contribution in [1.29, 1.82) is 0 Å². The summed E-state index contributed by atoms with van der Waals surface area (Å²) in [4.78, 5) is 42.2. The molecule has 0 spiro atoms. The van der Waals surface area contributed by atoms with E-state index in [1.807, 2.05) is 39.0 Å². The lowest BCUT2D eigenvalue weighted by Crippen LogP contribution is -2.64. The fourth-order valence-corrected chi connectivity index (χ4v) is 7.53. The summed E-state index contributed by atoms with van der Waals surface area (Å²) in [5, 5.41) is 23.8. The standard InChI is InChI=1S/C33H48ClN3O9/c1-19-10-9-11-26(44-8)33(42)18-25(45-30(41)35-33)20(2)32(17-23(29(39)40)36(4)5)31(3,46-32)13-12-27(38)37(6)22-15-21(14-19)16-24(43-7)28(22)34/h9-11,15-16,20,22-23,25-26,28,42H,12-14,17-18H2,1-8H3,(H,35,41)(H,39,40)/b11-9+,19-10+/t20-,22?,23+,25+,26-,28?,31+,32+,33+/m1/s1. The van der Waals surface area contributed by atoms with Crippen molar-refractivity contribution in [3.05, 3.63) is 47.3 Å². The van der Waals surface area contributed by atoms with E-state index in [1.165, 1.54) is 7.11 Å². The smallest absolute Gasteiger partial charge is 0.409 e. The fourth-order valence-electron chi connectivity index (χ4n) is 7.14. The normalized spacial score (nSPS) is 39.5. The van der Waals surface area contributed by atoms with Crippen molar-refractivity contribution in [2.75, 3.05) is 35.4 Å². The summed E-state index contributed by atoms with van der Waals surface area (Å²) in [6.45, 7) is 5.64. The molecular weight excluding hydrogens is 618 g/mol. The number of rotatable bonds is 6. The molecule has 4 bridgehead atoms. The van der Waals surface area contributed by atoms with E-state index in [-0.39, 0.29) is 31.6 Å². The second-order valence-corrected chi connectivity index (χ2v) is 13.8. The Bertz CT molecular complexity index is 1330. The molecule has 0 aromatic heterocycles. The van der Waals surface area contributed by atoms with E-state index < -0.39 is 64.6 Å². The molecule has 0 aromatic rings. The van der Waals surface area contributed by atoms with Crippen LogP contribution in [0.1, 0.15) is 52.9 Å². The topological polar surface area (TPSA) is 150 Å². The quantitative estimate of drug-likeness (QED) is 0.285. The number of allylic oxidation sites excluding steroid dienone is 5. The van der Waals surface area contributed by atoms with Gasteiger partial charge in [-0.05, 0) is 52.4 Å². The molecule has 2 unspecified atom stereocenters. The van der Waals surface area contributed by atoms with E-state index >= 15 is 0 Å². The summed E-state index contributed by atoms with van der Waals surface area (Å²) in [5.74, 6) is -1.21. The fraction of sp³-hybridized carbons (Fsp3) is 0.667. The van der Waals surface area contributed by atoms with Crippen LogP contribution in [0.5, 0.6) is 0 Å². The summed E-state index contributed by atoms with van der Waals surface area (Å²) < 4.78 is 23.5. The van der Waals surface area contributed by atoms with Crippen molar-refractivity contribution >= 4 is 29.6 Å². The van der Waals surface area contributed by atoms with Gasteiger partial charge in [0.2, 0.25) is 5.91 Å². The number of likely N-dealkylation sites (N-methyl/N-ethyl adjacent to an activating group) is 2. The van der Waals surface area contributed by atoms with E-state index in [9.17, 15) is 24.6 Å². The number of carboxylic acids is 1. The third-order valence-electron chi connectivity index (χ3n) is 10.1. The van der Waals surface area contributed by atoms with Gasteiger partial charge in [-0.25, -0.2) is 4.79 Å². The van der Waals surface area contributed by atoms with Crippen LogP contribution in [0.25, 0.3) is 0 Å². The van der Waals surface area contributed by atoms with Gasteiger partial charge in [-0.2, -0.15) is 0 Å². The molecule has 4 rings (SSSR count). The predicted octanol–water partition coefficient (Wildman–Crippen LogP) is 3.35. The number of hydrogen-bond donors (Lipinski definition) is 3. The molecule has 12 nitrogen and oxygen atoms in total. The molecule has 0 aromatic carbocycles. The van der Waals surface area contributed by atoms with Crippen LogP contribution in [0.3, 0.4) is 0 Å². The zero-order valence-electron chi connectivity index (χ0n) is 27.9. The van der Waals surface area contributed by atoms with Crippen molar-refractivity contribution in [2.45, 2.75) is 99.5 Å². The lowest BCUT2D eigenvalue weighted by atomic mass is 9.73. The minimum atomic E-state index is -1.83. The minimum absolute atomic E-state index is 0.0513. The average Bonchev–Trinajstić information content (AvgIpc) is 3.59. The summed E-state index contributed by atoms with van der Waals surface area (Å²) in [7, 11) is 8.05. The van der Waals surface area contributed by atoms with Gasteiger partial charge in [0.25, 0.3) is 0 Å². The Labute approximate surface area is 276 Å². The number of halogens is 1. The van der Waals surface area contributed by atoms with Gasteiger partial charge in [-0.1, -0.05) is 36.8 Å². The highest BCUT2D eigenvalue weighted by Crippen LogP contribution is 2.60. The number of alkyl halides is 1. The van der Waals surface area contributed by atoms with Crippen LogP contribution < -0.4 is 5.32 Å². The highest BCUT2D eigenvalue weighted by Gasteiger charge is 2.71. The molecule has 3 heterocycles. The lowest BCUT2D eigenvalue weighted by molar-refractivity contribution is -0.149. The Morgan fingerprint density at radius 2 is 2.00 bits per heavy atom. The first-order chi connectivity index (χ1) is 21.5. The van der Waals surface area contributed by atoms with Gasteiger partial charge in [-0.3, -0.25) is 19.8 Å². The van der Waals surface area contributed by atoms with Crippen LogP contribution in [-0.4, -0.2) is 120 Å². The lowest BCUT2D eigenvalue weighted by Gasteiger charge is -2.43. The summed E-state index contributed by atoms with van der Waals surface area (Å²) >= 11 is 6.80. The van der Waals surface area contributed by atoms with E-state index in [0.717, 1.165) is 11.1 Å². The number of ether oxygens (including phenoxy) is 4. The zero-order chi connectivity index (χ0) is 34.2. The van der Waals surface area contributed by atoms with E-state index in [4.69, 9.17) is 30.5 Å². The van der Waals surface area contributed by atoms with Crippen molar-refractivity contribution in [3.8, 4) is 0 Å². The number of hydrogen-bond acceptors (Lipinski definition) is 9. The molecule has 2 amide bonds. The molecule has 1 aliphatic carbocycles. The number of carbonyl (C=O) groups is 3. The predicted molar refractivity (Wildman–Crippen MR) is 171 cm³/mol.